The third kappa shape index (κ3) is 5.84. The van der Waals surface area contributed by atoms with Crippen molar-refractivity contribution in [1.82, 2.24) is 14.1 Å². The first-order valence-corrected chi connectivity index (χ1v) is 11.2. The second-order valence-electron chi connectivity index (χ2n) is 6.89. The van der Waals surface area contributed by atoms with E-state index in [1.165, 1.54) is 28.8 Å². The van der Waals surface area contributed by atoms with Gasteiger partial charge in [0.15, 0.2) is 11.5 Å². The molecule has 0 unspecified atom stereocenters. The number of halogens is 1. The summed E-state index contributed by atoms with van der Waals surface area (Å²) in [6, 6.07) is 9.95. The van der Waals surface area contributed by atoms with Gasteiger partial charge in [-0.3, -0.25) is 15.1 Å². The Morgan fingerprint density at radius 3 is 2.56 bits per heavy atom. The maximum atomic E-state index is 13.4. The lowest BCUT2D eigenvalue weighted by atomic mass is 10.1. The van der Waals surface area contributed by atoms with Crippen LogP contribution in [0.15, 0.2) is 41.3 Å². The van der Waals surface area contributed by atoms with Crippen molar-refractivity contribution in [3.63, 3.8) is 0 Å². The van der Waals surface area contributed by atoms with Crippen molar-refractivity contribution in [2.75, 3.05) is 28.3 Å². The van der Waals surface area contributed by atoms with Crippen LogP contribution in [-0.4, -0.2) is 48.2 Å². The summed E-state index contributed by atoms with van der Waals surface area (Å²) in [6.45, 7) is 0. The number of aromatic nitrogens is 2. The SMILES string of the molecule is COc1cc(CC(=N)n2nc(/C=C/c3cccc(F)c3)sc2=N)c(SN(C)C)cc1OC. The van der Waals surface area contributed by atoms with Crippen LogP contribution < -0.4 is 14.3 Å². The minimum atomic E-state index is -0.314. The van der Waals surface area contributed by atoms with E-state index in [9.17, 15) is 4.39 Å². The molecule has 2 aromatic carbocycles. The van der Waals surface area contributed by atoms with Gasteiger partial charge in [-0.25, -0.2) is 4.39 Å². The molecule has 0 fully saturated rings. The van der Waals surface area contributed by atoms with Gasteiger partial charge in [-0.1, -0.05) is 29.5 Å². The van der Waals surface area contributed by atoms with Gasteiger partial charge in [0.25, 0.3) is 0 Å². The van der Waals surface area contributed by atoms with Gasteiger partial charge < -0.3 is 9.47 Å². The Labute approximate surface area is 194 Å². The van der Waals surface area contributed by atoms with Crippen LogP contribution in [0.3, 0.4) is 0 Å². The van der Waals surface area contributed by atoms with Crippen LogP contribution in [0.1, 0.15) is 16.1 Å². The van der Waals surface area contributed by atoms with Gasteiger partial charge in [0.05, 0.1) is 14.2 Å². The molecule has 0 aliphatic rings. The molecule has 2 N–H and O–H groups in total. The second kappa shape index (κ2) is 10.6. The van der Waals surface area contributed by atoms with Gasteiger partial charge in [-0.05, 0) is 67.5 Å². The Balaban J connectivity index is 1.86. The highest BCUT2D eigenvalue weighted by molar-refractivity contribution is 7.97. The molecule has 1 heterocycles. The fourth-order valence-corrected chi connectivity index (χ4v) is 4.41. The van der Waals surface area contributed by atoms with Gasteiger partial charge in [0.1, 0.15) is 16.7 Å². The molecular formula is C22H24FN5O2S2. The Kier molecular flexibility index (Phi) is 7.84. The number of methoxy groups -OCH3 is 2. The zero-order valence-electron chi connectivity index (χ0n) is 18.2. The summed E-state index contributed by atoms with van der Waals surface area (Å²) in [5, 5.41) is 21.7. The molecule has 32 heavy (non-hydrogen) atoms. The molecule has 168 valence electrons. The minimum Gasteiger partial charge on any atom is -0.493 e. The van der Waals surface area contributed by atoms with Crippen LogP contribution in [-0.2, 0) is 6.42 Å². The molecule has 0 radical (unpaired) electrons. The maximum absolute atomic E-state index is 13.4. The number of nitrogens with one attached hydrogen (secondary N) is 2. The first-order chi connectivity index (χ1) is 15.3. The molecule has 10 heteroatoms. The van der Waals surface area contributed by atoms with E-state index >= 15 is 0 Å². The summed E-state index contributed by atoms with van der Waals surface area (Å²) in [7, 11) is 7.02. The molecule has 0 aliphatic carbocycles. The Hall–Kier alpha value is -2.95. The monoisotopic (exact) mass is 473 g/mol. The second-order valence-corrected chi connectivity index (χ2v) is 9.25. The largest absolute Gasteiger partial charge is 0.493 e. The van der Waals surface area contributed by atoms with Crippen LogP contribution in [0.4, 0.5) is 4.39 Å². The van der Waals surface area contributed by atoms with E-state index in [1.807, 2.05) is 30.5 Å². The number of hydrogen-bond acceptors (Lipinski definition) is 8. The summed E-state index contributed by atoms with van der Waals surface area (Å²) in [6.07, 6.45) is 3.70. The molecule has 0 spiro atoms. The van der Waals surface area contributed by atoms with E-state index in [-0.39, 0.29) is 22.9 Å². The molecule has 3 aromatic rings. The molecule has 0 atom stereocenters. The topological polar surface area (TPSA) is 87.2 Å². The third-order valence-electron chi connectivity index (χ3n) is 4.32. The van der Waals surface area contributed by atoms with E-state index in [0.29, 0.717) is 22.1 Å². The van der Waals surface area contributed by atoms with Gasteiger partial charge in [-0.15, -0.1) is 0 Å². The van der Waals surface area contributed by atoms with Crippen molar-refractivity contribution < 1.29 is 13.9 Å². The van der Waals surface area contributed by atoms with E-state index in [0.717, 1.165) is 21.8 Å². The Bertz CT molecular complexity index is 1200. The summed E-state index contributed by atoms with van der Waals surface area (Å²) >= 11 is 2.66. The molecule has 0 saturated carbocycles. The Morgan fingerprint density at radius 1 is 1.19 bits per heavy atom. The van der Waals surface area contributed by atoms with Gasteiger partial charge in [0.2, 0.25) is 4.80 Å². The van der Waals surface area contributed by atoms with Crippen molar-refractivity contribution in [3.05, 3.63) is 63.2 Å². The van der Waals surface area contributed by atoms with E-state index in [1.54, 1.807) is 38.5 Å². The van der Waals surface area contributed by atoms with Crippen molar-refractivity contribution in [3.8, 4) is 11.5 Å². The molecule has 0 bridgehead atoms. The fourth-order valence-electron chi connectivity index (χ4n) is 2.91. The number of benzene rings is 2. The Morgan fingerprint density at radius 2 is 1.91 bits per heavy atom. The van der Waals surface area contributed by atoms with Crippen molar-refractivity contribution >= 4 is 41.3 Å². The molecule has 7 nitrogen and oxygen atoms in total. The number of nitrogens with zero attached hydrogens (tertiary/aromatic N) is 3. The van der Waals surface area contributed by atoms with Crippen molar-refractivity contribution in [2.24, 2.45) is 0 Å². The highest BCUT2D eigenvalue weighted by Gasteiger charge is 2.16. The normalized spacial score (nSPS) is 11.3. The van der Waals surface area contributed by atoms with Crippen LogP contribution in [0.2, 0.25) is 0 Å². The summed E-state index contributed by atoms with van der Waals surface area (Å²) in [5.41, 5.74) is 1.56. The highest BCUT2D eigenvalue weighted by Crippen LogP contribution is 2.36. The third-order valence-corrected chi connectivity index (χ3v) is 6.06. The lowest BCUT2D eigenvalue weighted by Gasteiger charge is -2.17. The summed E-state index contributed by atoms with van der Waals surface area (Å²) in [5.74, 6) is 1.03. The van der Waals surface area contributed by atoms with Crippen LogP contribution in [0.5, 0.6) is 11.5 Å². The van der Waals surface area contributed by atoms with Crippen LogP contribution in [0.25, 0.3) is 12.2 Å². The van der Waals surface area contributed by atoms with Gasteiger partial charge in [-0.2, -0.15) is 9.78 Å². The average Bonchev–Trinajstić information content (AvgIpc) is 3.13. The minimum absolute atomic E-state index is 0.135. The molecular weight excluding hydrogens is 449 g/mol. The molecule has 0 saturated heterocycles. The van der Waals surface area contributed by atoms with Crippen LogP contribution >= 0.6 is 23.3 Å². The number of rotatable bonds is 8. The predicted molar refractivity (Wildman–Crippen MR) is 127 cm³/mol. The lowest BCUT2D eigenvalue weighted by Crippen LogP contribution is -2.25. The molecule has 3 rings (SSSR count). The first kappa shape index (κ1) is 23.7. The van der Waals surface area contributed by atoms with Gasteiger partial charge in [0, 0.05) is 11.3 Å². The quantitative estimate of drug-likeness (QED) is 0.288. The summed E-state index contributed by atoms with van der Waals surface area (Å²) < 4.78 is 27.4. The molecule has 1 aromatic heterocycles. The van der Waals surface area contributed by atoms with Crippen molar-refractivity contribution in [2.45, 2.75) is 11.3 Å². The smallest absolute Gasteiger partial charge is 0.206 e. The van der Waals surface area contributed by atoms with E-state index in [2.05, 4.69) is 5.10 Å². The van der Waals surface area contributed by atoms with E-state index in [4.69, 9.17) is 20.3 Å². The fraction of sp³-hybridized carbons (Fsp3) is 0.227. The standard InChI is InChI=1S/C22H24FN5O2S2/c1-27(2)32-19-13-18(30-4)17(29-3)11-15(19)12-20(24)28-22(25)31-21(26-28)9-8-14-6-5-7-16(23)10-14/h5-11,13,24-25H,12H2,1-4H3/b9-8+,24-20?,25-22?. The maximum Gasteiger partial charge on any atom is 0.206 e. The number of hydrogen-bond donors (Lipinski definition) is 2. The lowest BCUT2D eigenvalue weighted by molar-refractivity contribution is 0.353. The average molecular weight is 474 g/mol. The van der Waals surface area contributed by atoms with Crippen LogP contribution in [0, 0.1) is 16.6 Å². The van der Waals surface area contributed by atoms with E-state index < -0.39 is 0 Å². The number of ether oxygens (including phenoxy) is 2. The molecule has 0 amide bonds. The van der Waals surface area contributed by atoms with Gasteiger partial charge >= 0.3 is 0 Å². The zero-order valence-corrected chi connectivity index (χ0v) is 19.8. The molecule has 0 aliphatic heterocycles. The highest BCUT2D eigenvalue weighted by atomic mass is 32.2. The summed E-state index contributed by atoms with van der Waals surface area (Å²) in [4.78, 5) is 1.06. The zero-order chi connectivity index (χ0) is 23.3. The van der Waals surface area contributed by atoms with Crippen molar-refractivity contribution in [1.29, 1.82) is 10.8 Å². The predicted octanol–water partition coefficient (Wildman–Crippen LogP) is 4.39. The first-order valence-electron chi connectivity index (χ1n) is 9.57.